The molecule has 0 aromatic heterocycles. The van der Waals surface area contributed by atoms with Gasteiger partial charge < -0.3 is 14.8 Å². The largest absolute Gasteiger partial charge is 0.493 e. The van der Waals surface area contributed by atoms with Gasteiger partial charge in [-0.2, -0.15) is 0 Å². The van der Waals surface area contributed by atoms with Gasteiger partial charge in [-0.3, -0.25) is 9.10 Å². The van der Waals surface area contributed by atoms with E-state index in [1.165, 1.54) is 12.1 Å². The lowest BCUT2D eigenvalue weighted by molar-refractivity contribution is -0.119. The number of amides is 1. The zero-order valence-electron chi connectivity index (χ0n) is 20.0. The Kier molecular flexibility index (Phi) is 9.01. The number of aryl methyl sites for hydroxylation is 2. The minimum absolute atomic E-state index is 0.107. The summed E-state index contributed by atoms with van der Waals surface area (Å²) < 4.78 is 38.6. The van der Waals surface area contributed by atoms with E-state index >= 15 is 0 Å². The van der Waals surface area contributed by atoms with Crippen molar-refractivity contribution in [2.24, 2.45) is 0 Å². The highest BCUT2D eigenvalue weighted by Crippen LogP contribution is 2.29. The first-order chi connectivity index (χ1) is 16.8. The highest BCUT2D eigenvalue weighted by molar-refractivity contribution is 7.92. The molecule has 35 heavy (non-hydrogen) atoms. The number of benzene rings is 3. The van der Waals surface area contributed by atoms with Crippen LogP contribution < -0.4 is 19.1 Å². The van der Waals surface area contributed by atoms with Crippen LogP contribution in [0.25, 0.3) is 0 Å². The second kappa shape index (κ2) is 12.0. The highest BCUT2D eigenvalue weighted by atomic mass is 35.5. The summed E-state index contributed by atoms with van der Waals surface area (Å²) in [7, 11) is -0.803. The monoisotopic (exact) mass is 516 g/mol. The maximum Gasteiger partial charge on any atom is 0.264 e. The predicted octanol–water partition coefficient (Wildman–Crippen LogP) is 4.61. The van der Waals surface area contributed by atoms with E-state index in [1.807, 2.05) is 18.2 Å². The zero-order chi connectivity index (χ0) is 25.4. The quantitative estimate of drug-likeness (QED) is 0.376. The van der Waals surface area contributed by atoms with Crippen LogP contribution in [0.4, 0.5) is 5.69 Å². The second-order valence-electron chi connectivity index (χ2n) is 7.90. The van der Waals surface area contributed by atoms with E-state index in [-0.39, 0.29) is 11.4 Å². The Labute approximate surface area is 211 Å². The third kappa shape index (κ3) is 6.68. The molecule has 0 aliphatic carbocycles. The summed E-state index contributed by atoms with van der Waals surface area (Å²) >= 11 is 6.07. The van der Waals surface area contributed by atoms with Crippen molar-refractivity contribution in [2.75, 3.05) is 31.6 Å². The van der Waals surface area contributed by atoms with E-state index in [0.29, 0.717) is 47.2 Å². The molecule has 3 aromatic rings. The van der Waals surface area contributed by atoms with Gasteiger partial charge in [0, 0.05) is 11.6 Å². The average molecular weight is 517 g/mol. The van der Waals surface area contributed by atoms with Crippen molar-refractivity contribution in [3.05, 3.63) is 82.9 Å². The third-order valence-electron chi connectivity index (χ3n) is 5.46. The first kappa shape index (κ1) is 26.4. The number of carbonyl (C=O) groups is 1. The van der Waals surface area contributed by atoms with Crippen molar-refractivity contribution in [1.29, 1.82) is 0 Å². The van der Waals surface area contributed by atoms with E-state index in [1.54, 1.807) is 57.5 Å². The molecule has 0 aliphatic heterocycles. The van der Waals surface area contributed by atoms with Crippen LogP contribution >= 0.6 is 11.6 Å². The summed E-state index contributed by atoms with van der Waals surface area (Å²) in [5.41, 5.74) is 2.10. The molecule has 186 valence electrons. The van der Waals surface area contributed by atoms with Gasteiger partial charge in [0.2, 0.25) is 5.91 Å². The predicted molar refractivity (Wildman–Crippen MR) is 138 cm³/mol. The molecule has 0 saturated heterocycles. The van der Waals surface area contributed by atoms with Gasteiger partial charge in [-0.25, -0.2) is 8.42 Å². The van der Waals surface area contributed by atoms with Gasteiger partial charge in [0.15, 0.2) is 11.5 Å². The number of halogens is 1. The molecule has 0 radical (unpaired) electrons. The fraction of sp³-hybridized carbons (Fsp3) is 0.269. The fourth-order valence-corrected chi connectivity index (χ4v) is 5.39. The van der Waals surface area contributed by atoms with Gasteiger partial charge in [-0.15, -0.1) is 0 Å². The van der Waals surface area contributed by atoms with Crippen molar-refractivity contribution in [2.45, 2.75) is 24.7 Å². The molecule has 0 saturated carbocycles. The molecular weight excluding hydrogens is 488 g/mol. The Morgan fingerprint density at radius 1 is 0.971 bits per heavy atom. The standard InChI is InChI=1S/C26H29ClN2O5S/c1-19-16-21(27)12-13-23(19)29(35(31,32)22-9-5-4-6-10-22)18-26(30)28-15-7-8-20-11-14-24(33-2)25(17-20)34-3/h4-6,9-14,16-17H,7-8,15,18H2,1-3H3,(H,28,30). The molecule has 0 spiro atoms. The van der Waals surface area contributed by atoms with Gasteiger partial charge >= 0.3 is 0 Å². The molecule has 3 rings (SSSR count). The first-order valence-electron chi connectivity index (χ1n) is 11.1. The Morgan fingerprint density at radius 3 is 2.34 bits per heavy atom. The van der Waals surface area contributed by atoms with Gasteiger partial charge in [0.05, 0.1) is 24.8 Å². The van der Waals surface area contributed by atoms with Gasteiger partial charge in [0.25, 0.3) is 10.0 Å². The van der Waals surface area contributed by atoms with Crippen molar-refractivity contribution in [1.82, 2.24) is 5.32 Å². The van der Waals surface area contributed by atoms with Crippen LogP contribution in [0.1, 0.15) is 17.5 Å². The number of sulfonamides is 1. The van der Waals surface area contributed by atoms with Crippen LogP contribution in [0.3, 0.4) is 0 Å². The summed E-state index contributed by atoms with van der Waals surface area (Å²) in [5.74, 6) is 0.905. The van der Waals surface area contributed by atoms with E-state index in [4.69, 9.17) is 21.1 Å². The second-order valence-corrected chi connectivity index (χ2v) is 10.2. The summed E-state index contributed by atoms with van der Waals surface area (Å²) in [6.45, 7) is 1.80. The Balaban J connectivity index is 1.69. The van der Waals surface area contributed by atoms with Crippen LogP contribution in [-0.4, -0.2) is 41.6 Å². The molecule has 7 nitrogen and oxygen atoms in total. The van der Waals surface area contributed by atoms with Crippen LogP contribution in [-0.2, 0) is 21.2 Å². The molecule has 0 unspecified atom stereocenters. The number of ether oxygens (including phenoxy) is 2. The molecule has 0 heterocycles. The van der Waals surface area contributed by atoms with Crippen LogP contribution in [0.5, 0.6) is 11.5 Å². The number of methoxy groups -OCH3 is 2. The summed E-state index contributed by atoms with van der Waals surface area (Å²) in [6.07, 6.45) is 1.38. The van der Waals surface area contributed by atoms with Crippen molar-refractivity contribution >= 4 is 33.2 Å². The normalized spacial score (nSPS) is 11.1. The first-order valence-corrected chi connectivity index (χ1v) is 12.9. The minimum Gasteiger partial charge on any atom is -0.493 e. The molecule has 1 amide bonds. The van der Waals surface area contributed by atoms with Gasteiger partial charge in [0.1, 0.15) is 6.54 Å². The maximum absolute atomic E-state index is 13.4. The zero-order valence-corrected chi connectivity index (χ0v) is 21.5. The lowest BCUT2D eigenvalue weighted by Gasteiger charge is -2.25. The average Bonchev–Trinajstić information content (AvgIpc) is 2.86. The summed E-state index contributed by atoms with van der Waals surface area (Å²) in [5, 5.41) is 3.32. The Bertz CT molecular complexity index is 1270. The van der Waals surface area contributed by atoms with Crippen molar-refractivity contribution < 1.29 is 22.7 Å². The van der Waals surface area contributed by atoms with E-state index < -0.39 is 15.9 Å². The molecule has 0 aliphatic rings. The van der Waals surface area contributed by atoms with Crippen molar-refractivity contribution in [3.8, 4) is 11.5 Å². The lowest BCUT2D eigenvalue weighted by Crippen LogP contribution is -2.41. The van der Waals surface area contributed by atoms with E-state index in [0.717, 1.165) is 9.87 Å². The highest BCUT2D eigenvalue weighted by Gasteiger charge is 2.28. The summed E-state index contributed by atoms with van der Waals surface area (Å²) in [6, 6.07) is 18.6. The number of anilines is 1. The molecule has 3 aromatic carbocycles. The maximum atomic E-state index is 13.4. The lowest BCUT2D eigenvalue weighted by atomic mass is 10.1. The third-order valence-corrected chi connectivity index (χ3v) is 7.47. The SMILES string of the molecule is COc1ccc(CCCNC(=O)CN(c2ccc(Cl)cc2C)S(=O)(=O)c2ccccc2)cc1OC. The molecule has 0 atom stereocenters. The molecule has 1 N–H and O–H groups in total. The molecule has 0 fully saturated rings. The topological polar surface area (TPSA) is 84.9 Å². The van der Waals surface area contributed by atoms with Crippen LogP contribution in [0, 0.1) is 6.92 Å². The fourth-order valence-electron chi connectivity index (χ4n) is 3.66. The van der Waals surface area contributed by atoms with Crippen molar-refractivity contribution in [3.63, 3.8) is 0 Å². The summed E-state index contributed by atoms with van der Waals surface area (Å²) in [4.78, 5) is 12.9. The number of hydrogen-bond acceptors (Lipinski definition) is 5. The minimum atomic E-state index is -3.97. The number of carbonyl (C=O) groups excluding carboxylic acids is 1. The van der Waals surface area contributed by atoms with Crippen LogP contribution in [0.15, 0.2) is 71.6 Å². The van der Waals surface area contributed by atoms with Crippen LogP contribution in [0.2, 0.25) is 5.02 Å². The molecular formula is C26H29ClN2O5S. The van der Waals surface area contributed by atoms with Gasteiger partial charge in [-0.1, -0.05) is 35.9 Å². The Hall–Kier alpha value is -3.23. The van der Waals surface area contributed by atoms with E-state index in [9.17, 15) is 13.2 Å². The number of hydrogen-bond donors (Lipinski definition) is 1. The van der Waals surface area contributed by atoms with E-state index in [2.05, 4.69) is 5.32 Å². The Morgan fingerprint density at radius 2 is 1.69 bits per heavy atom. The molecule has 0 bridgehead atoms. The number of rotatable bonds is 11. The van der Waals surface area contributed by atoms with Gasteiger partial charge in [-0.05, 0) is 73.4 Å². The number of nitrogens with one attached hydrogen (secondary N) is 1. The smallest absolute Gasteiger partial charge is 0.264 e. The number of nitrogens with zero attached hydrogens (tertiary/aromatic N) is 1. The molecule has 9 heteroatoms.